The largest absolute Gasteiger partial charge is 0.496 e. The number of carboxylic acids is 1. The molecule has 2 aliphatic carbocycles. The van der Waals surface area contributed by atoms with Gasteiger partial charge in [-0.3, -0.25) is 28.8 Å². The standard InChI is InChI=1S/C67H106N12O14/c1-78(2)32-30-72-62(82)50-39-52(58(91-36-16-8-12-28-70)42-56(50)89-34-14-6-10-26-68)65(85)75-46-20-18-45(19-21-46)74-64(84)49-38-54(60(41-55(49)88-5)93-44-61(80)81)67(87)77-48-24-22-47(23-25-48)76-66(86)53-40-51(63(83)73-31-33-79(3)4)57(90-35-15-7-11-27-69)43-59(53)92-37-17-9-13-29-71/h38-43,45-48H,6-37,44,68-71H2,1-5H3,(H,72,82)(H,73,83)(H,74,84)(H,75,85)(H,76,86)(H,77,87)(H,80,81)/t45-,46-,47-,48-. The summed E-state index contributed by atoms with van der Waals surface area (Å²) in [6.07, 6.45) is 13.3. The number of methoxy groups -OCH3 is 1. The maximum absolute atomic E-state index is 14.3. The van der Waals surface area contributed by atoms with Crippen LogP contribution in [0, 0.1) is 0 Å². The van der Waals surface area contributed by atoms with E-state index in [1.807, 2.05) is 38.0 Å². The Balaban J connectivity index is 1.27. The fourth-order valence-corrected chi connectivity index (χ4v) is 10.9. The van der Waals surface area contributed by atoms with Gasteiger partial charge in [0.15, 0.2) is 6.61 Å². The number of nitrogens with zero attached hydrogens (tertiary/aromatic N) is 2. The van der Waals surface area contributed by atoms with Crippen LogP contribution in [0.3, 0.4) is 0 Å². The van der Waals surface area contributed by atoms with Gasteiger partial charge in [-0.15, -0.1) is 0 Å². The van der Waals surface area contributed by atoms with Gasteiger partial charge in [-0.25, -0.2) is 4.79 Å². The third-order valence-corrected chi connectivity index (χ3v) is 16.2. The van der Waals surface area contributed by atoms with Gasteiger partial charge in [0, 0.05) is 68.5 Å². The third kappa shape index (κ3) is 26.4. The fraction of sp³-hybridized carbons (Fsp3) is 0.627. The number of aliphatic carboxylic acids is 1. The number of nitrogens with one attached hydrogen (secondary N) is 6. The monoisotopic (exact) mass is 1300 g/mol. The van der Waals surface area contributed by atoms with Crippen LogP contribution in [-0.4, -0.2) is 201 Å². The lowest BCUT2D eigenvalue weighted by atomic mass is 9.90. The van der Waals surface area contributed by atoms with Gasteiger partial charge in [-0.05, 0) is 201 Å². The average Bonchev–Trinajstić information content (AvgIpc) is 1.29. The van der Waals surface area contributed by atoms with Crippen LogP contribution in [0.4, 0.5) is 0 Å². The molecule has 26 heteroatoms. The molecule has 2 aliphatic rings. The van der Waals surface area contributed by atoms with Gasteiger partial charge >= 0.3 is 5.97 Å². The van der Waals surface area contributed by atoms with Crippen molar-refractivity contribution in [3.63, 3.8) is 0 Å². The number of benzene rings is 3. The molecule has 2 saturated carbocycles. The zero-order valence-corrected chi connectivity index (χ0v) is 55.6. The number of amides is 6. The summed E-state index contributed by atoms with van der Waals surface area (Å²) in [4.78, 5) is 100. The van der Waals surface area contributed by atoms with Crippen molar-refractivity contribution < 1.29 is 67.1 Å². The Morgan fingerprint density at radius 3 is 0.903 bits per heavy atom. The van der Waals surface area contributed by atoms with E-state index in [9.17, 15) is 38.7 Å². The molecule has 0 bridgehead atoms. The number of likely N-dealkylation sites (N-methyl/N-ethyl adjacent to an activating group) is 2. The normalized spacial score (nSPS) is 16.2. The molecular weight excluding hydrogens is 1200 g/mol. The van der Waals surface area contributed by atoms with Crippen molar-refractivity contribution >= 4 is 41.4 Å². The molecule has 0 atom stereocenters. The highest BCUT2D eigenvalue weighted by Crippen LogP contribution is 2.35. The summed E-state index contributed by atoms with van der Waals surface area (Å²) in [5.74, 6) is -2.98. The molecule has 0 aliphatic heterocycles. The minimum atomic E-state index is -1.28. The van der Waals surface area contributed by atoms with Crippen LogP contribution >= 0.6 is 0 Å². The molecule has 15 N–H and O–H groups in total. The lowest BCUT2D eigenvalue weighted by Gasteiger charge is -2.30. The fourth-order valence-electron chi connectivity index (χ4n) is 10.9. The van der Waals surface area contributed by atoms with E-state index in [0.29, 0.717) is 154 Å². The highest BCUT2D eigenvalue weighted by molar-refractivity contribution is 6.05. The van der Waals surface area contributed by atoms with Crippen LogP contribution in [0.25, 0.3) is 0 Å². The summed E-state index contributed by atoms with van der Waals surface area (Å²) in [7, 11) is 8.97. The molecule has 518 valence electrons. The van der Waals surface area contributed by atoms with Crippen molar-refractivity contribution in [3.8, 4) is 34.5 Å². The molecule has 26 nitrogen and oxygen atoms in total. The van der Waals surface area contributed by atoms with Gasteiger partial charge in [-0.2, -0.15) is 0 Å². The Morgan fingerprint density at radius 1 is 0.387 bits per heavy atom. The van der Waals surface area contributed by atoms with E-state index in [4.69, 9.17) is 51.4 Å². The first-order valence-corrected chi connectivity index (χ1v) is 33.2. The third-order valence-electron chi connectivity index (χ3n) is 16.2. The van der Waals surface area contributed by atoms with Crippen molar-refractivity contribution in [1.29, 1.82) is 0 Å². The van der Waals surface area contributed by atoms with E-state index < -0.39 is 42.1 Å². The second-order valence-corrected chi connectivity index (χ2v) is 24.3. The number of rotatable bonds is 44. The molecule has 0 radical (unpaired) electrons. The summed E-state index contributed by atoms with van der Waals surface area (Å²) < 4.78 is 36.1. The molecule has 3 aromatic carbocycles. The van der Waals surface area contributed by atoms with Gasteiger partial charge in [0.2, 0.25) is 0 Å². The molecule has 0 saturated heterocycles. The summed E-state index contributed by atoms with van der Waals surface area (Å²) in [6, 6.07) is 7.64. The molecule has 0 aromatic heterocycles. The number of carbonyl (C=O) groups excluding carboxylic acids is 6. The van der Waals surface area contributed by atoms with Crippen LogP contribution in [0.2, 0.25) is 0 Å². The minimum Gasteiger partial charge on any atom is -0.496 e. The first-order valence-electron chi connectivity index (χ1n) is 33.2. The maximum Gasteiger partial charge on any atom is 0.341 e. The number of hydrogen-bond acceptors (Lipinski definition) is 19. The Morgan fingerprint density at radius 2 is 0.645 bits per heavy atom. The van der Waals surface area contributed by atoms with E-state index in [0.717, 1.165) is 64.2 Å². The molecular formula is C67H106N12O14. The second-order valence-electron chi connectivity index (χ2n) is 24.3. The van der Waals surface area contributed by atoms with Crippen LogP contribution in [0.15, 0.2) is 36.4 Å². The van der Waals surface area contributed by atoms with Gasteiger partial charge in [-0.1, -0.05) is 0 Å². The molecule has 0 heterocycles. The zero-order chi connectivity index (χ0) is 67.5. The zero-order valence-electron chi connectivity index (χ0n) is 55.6. The average molecular weight is 1300 g/mol. The molecule has 2 fully saturated rings. The topological polar surface area (TPSA) is 378 Å². The predicted molar refractivity (Wildman–Crippen MR) is 356 cm³/mol. The Hall–Kier alpha value is -7.49. The number of hydrogen-bond donors (Lipinski definition) is 11. The lowest BCUT2D eigenvalue weighted by Crippen LogP contribution is -2.44. The number of nitrogens with two attached hydrogens (primary N) is 4. The Bertz CT molecular complexity index is 2840. The van der Waals surface area contributed by atoms with Crippen molar-refractivity contribution in [2.45, 2.75) is 153 Å². The van der Waals surface area contributed by atoms with Crippen molar-refractivity contribution in [1.82, 2.24) is 41.7 Å². The highest BCUT2D eigenvalue weighted by Gasteiger charge is 2.32. The summed E-state index contributed by atoms with van der Waals surface area (Å²) in [5.41, 5.74) is 23.6. The SMILES string of the molecule is COc1cc(OCC(=O)O)c(C(=O)N[C@H]2CC[C@H](NC(=O)c3cc(C(=O)NCCN(C)C)c(OCCCCCN)cc3OCCCCCN)CC2)cc1C(=O)N[C@H]1CC[C@H](NC(=O)c2cc(C(=O)NCCN(C)C)c(OCCCCCN)cc2OCCCCCN)CC1. The van der Waals surface area contributed by atoms with Crippen molar-refractivity contribution in [2.24, 2.45) is 22.9 Å². The minimum absolute atomic E-state index is 0.0162. The second kappa shape index (κ2) is 42.0. The van der Waals surface area contributed by atoms with E-state index in [-0.39, 0.29) is 86.5 Å². The summed E-state index contributed by atoms with van der Waals surface area (Å²) in [6.45, 7) is 4.69. The quantitative estimate of drug-likeness (QED) is 0.0341. The van der Waals surface area contributed by atoms with E-state index >= 15 is 0 Å². The van der Waals surface area contributed by atoms with Crippen molar-refractivity contribution in [3.05, 3.63) is 69.8 Å². The first kappa shape index (κ1) is 76.2. The van der Waals surface area contributed by atoms with Crippen LogP contribution in [0.1, 0.15) is 191 Å². The highest BCUT2D eigenvalue weighted by atomic mass is 16.5. The summed E-state index contributed by atoms with van der Waals surface area (Å²) in [5, 5.41) is 27.9. The molecule has 3 aromatic rings. The smallest absolute Gasteiger partial charge is 0.341 e. The van der Waals surface area contributed by atoms with E-state index in [1.165, 1.54) is 31.4 Å². The molecule has 6 amide bonds. The van der Waals surface area contributed by atoms with Crippen LogP contribution in [0.5, 0.6) is 34.5 Å². The number of carbonyl (C=O) groups is 7. The molecule has 0 spiro atoms. The number of unbranched alkanes of at least 4 members (excludes halogenated alkanes) is 8. The number of ether oxygens (including phenoxy) is 6. The van der Waals surface area contributed by atoms with Gasteiger partial charge in [0.1, 0.15) is 34.5 Å². The van der Waals surface area contributed by atoms with Gasteiger partial charge < -0.3 is 98.2 Å². The Kier molecular flexibility index (Phi) is 34.4. The Labute approximate surface area is 548 Å². The maximum atomic E-state index is 14.3. The molecule has 5 rings (SSSR count). The predicted octanol–water partition coefficient (Wildman–Crippen LogP) is 4.71. The molecule has 93 heavy (non-hydrogen) atoms. The summed E-state index contributed by atoms with van der Waals surface area (Å²) >= 11 is 0. The van der Waals surface area contributed by atoms with Gasteiger partial charge in [0.05, 0.1) is 66.9 Å². The lowest BCUT2D eigenvalue weighted by molar-refractivity contribution is -0.139. The van der Waals surface area contributed by atoms with Crippen LogP contribution < -0.4 is 83.3 Å². The van der Waals surface area contributed by atoms with Crippen LogP contribution in [-0.2, 0) is 4.79 Å². The first-order chi connectivity index (χ1) is 44.9. The van der Waals surface area contributed by atoms with E-state index in [2.05, 4.69) is 31.9 Å². The van der Waals surface area contributed by atoms with Gasteiger partial charge in [0.25, 0.3) is 35.4 Å². The molecule has 0 unspecified atom stereocenters. The van der Waals surface area contributed by atoms with E-state index in [1.54, 1.807) is 12.1 Å². The number of carboxylic acid groups (broad SMARTS) is 1. The van der Waals surface area contributed by atoms with Crippen molar-refractivity contribution in [2.75, 3.05) is 121 Å².